The molecule has 0 aliphatic rings. The smallest absolute Gasteiger partial charge is 0.226 e. The highest BCUT2D eigenvalue weighted by atomic mass is 15.2. The number of rotatable bonds is 8. The molecule has 7 heteroatoms. The van der Waals surface area contributed by atoms with Gasteiger partial charge < -0.3 is 20.9 Å². The third-order valence-electron chi connectivity index (χ3n) is 4.50. The molecule has 2 aromatic heterocycles. The summed E-state index contributed by atoms with van der Waals surface area (Å²) in [7, 11) is 0. The first kappa shape index (κ1) is 20.1. The minimum atomic E-state index is 0.108. The molecule has 150 valence electrons. The minimum absolute atomic E-state index is 0.108. The van der Waals surface area contributed by atoms with Crippen LogP contribution in [0.3, 0.4) is 0 Å². The first-order valence-electron chi connectivity index (χ1n) is 9.91. The number of fused-ring (bicyclic) bond motifs is 1. The maximum Gasteiger partial charge on any atom is 0.226 e. The normalized spacial score (nSPS) is 11.9. The number of hydrogen-bond donors (Lipinski definition) is 3. The number of hydrogen-bond acceptors (Lipinski definition) is 6. The molecule has 0 atom stereocenters. The lowest BCUT2D eigenvalue weighted by atomic mass is 10.1. The highest BCUT2D eigenvalue weighted by Crippen LogP contribution is 2.19. The topological polar surface area (TPSA) is 93.7 Å². The van der Waals surface area contributed by atoms with Crippen LogP contribution < -0.4 is 16.4 Å². The standard InChI is InChI=1S/C21H31N7/c1-5-6-11-23-20-26-18(22)17-19(27-20)28(14-24-17)13-16-9-7-15(8-10-16)12-25-21(2,3)4/h7-10,14,25H,5-6,11-13H2,1-4H3,(H3,22,23,26,27). The number of nitrogen functional groups attached to an aromatic ring is 1. The van der Waals surface area contributed by atoms with Crippen molar-refractivity contribution in [1.82, 2.24) is 24.8 Å². The molecule has 0 unspecified atom stereocenters. The summed E-state index contributed by atoms with van der Waals surface area (Å²) in [6.45, 7) is 11.0. The number of unbranched alkanes of at least 4 members (excludes halogenated alkanes) is 1. The maximum atomic E-state index is 6.08. The van der Waals surface area contributed by atoms with Gasteiger partial charge in [0.2, 0.25) is 5.95 Å². The van der Waals surface area contributed by atoms with Crippen molar-refractivity contribution in [1.29, 1.82) is 0 Å². The second-order valence-corrected chi connectivity index (χ2v) is 8.18. The van der Waals surface area contributed by atoms with Gasteiger partial charge >= 0.3 is 0 Å². The molecule has 0 aliphatic heterocycles. The number of nitrogens with one attached hydrogen (secondary N) is 2. The summed E-state index contributed by atoms with van der Waals surface area (Å²) in [4.78, 5) is 13.3. The van der Waals surface area contributed by atoms with Gasteiger partial charge in [0.15, 0.2) is 11.5 Å². The van der Waals surface area contributed by atoms with Gasteiger partial charge in [-0.1, -0.05) is 37.6 Å². The van der Waals surface area contributed by atoms with Gasteiger partial charge in [0.05, 0.1) is 12.9 Å². The number of anilines is 2. The van der Waals surface area contributed by atoms with Gasteiger partial charge in [-0.25, -0.2) is 4.98 Å². The number of nitrogens with zero attached hydrogens (tertiary/aromatic N) is 4. The molecule has 1 aromatic carbocycles. The summed E-state index contributed by atoms with van der Waals surface area (Å²) in [5.41, 5.74) is 10.0. The Morgan fingerprint density at radius 2 is 1.79 bits per heavy atom. The fourth-order valence-corrected chi connectivity index (χ4v) is 2.86. The predicted molar refractivity (Wildman–Crippen MR) is 115 cm³/mol. The monoisotopic (exact) mass is 381 g/mol. The molecule has 0 spiro atoms. The van der Waals surface area contributed by atoms with Gasteiger partial charge in [0.25, 0.3) is 0 Å². The Kier molecular flexibility index (Phi) is 6.14. The zero-order chi connectivity index (χ0) is 20.1. The number of imidazole rings is 1. The number of benzene rings is 1. The molecule has 0 fully saturated rings. The quantitative estimate of drug-likeness (QED) is 0.517. The van der Waals surface area contributed by atoms with Crippen molar-refractivity contribution in [3.8, 4) is 0 Å². The summed E-state index contributed by atoms with van der Waals surface area (Å²) >= 11 is 0. The maximum absolute atomic E-state index is 6.08. The van der Waals surface area contributed by atoms with E-state index in [2.05, 4.69) is 77.5 Å². The summed E-state index contributed by atoms with van der Waals surface area (Å²) in [6.07, 6.45) is 3.96. The SMILES string of the molecule is CCCCNc1nc(N)c2ncn(Cc3ccc(CNC(C)(C)C)cc3)c2n1. The van der Waals surface area contributed by atoms with Gasteiger partial charge in [-0.05, 0) is 38.3 Å². The van der Waals surface area contributed by atoms with E-state index in [4.69, 9.17) is 5.73 Å². The number of aromatic nitrogens is 4. The molecule has 4 N–H and O–H groups in total. The van der Waals surface area contributed by atoms with Crippen molar-refractivity contribution < 1.29 is 0 Å². The second kappa shape index (κ2) is 8.56. The Morgan fingerprint density at radius 3 is 2.46 bits per heavy atom. The third-order valence-corrected chi connectivity index (χ3v) is 4.50. The minimum Gasteiger partial charge on any atom is -0.382 e. The largest absolute Gasteiger partial charge is 0.382 e. The van der Waals surface area contributed by atoms with E-state index in [-0.39, 0.29) is 5.54 Å². The van der Waals surface area contributed by atoms with Crippen LogP contribution in [0.15, 0.2) is 30.6 Å². The molecule has 2 heterocycles. The van der Waals surface area contributed by atoms with Crippen LogP contribution in [-0.4, -0.2) is 31.6 Å². The Hall–Kier alpha value is -2.67. The fraction of sp³-hybridized carbons (Fsp3) is 0.476. The lowest BCUT2D eigenvalue weighted by molar-refractivity contribution is 0.424. The number of nitrogens with two attached hydrogens (primary N) is 1. The predicted octanol–water partition coefficient (Wildman–Crippen LogP) is 3.56. The van der Waals surface area contributed by atoms with Crippen LogP contribution in [0.25, 0.3) is 11.2 Å². The Morgan fingerprint density at radius 1 is 1.07 bits per heavy atom. The van der Waals surface area contributed by atoms with Crippen molar-refractivity contribution in [2.45, 2.75) is 59.2 Å². The van der Waals surface area contributed by atoms with E-state index in [0.29, 0.717) is 23.8 Å². The summed E-state index contributed by atoms with van der Waals surface area (Å²) in [5, 5.41) is 6.75. The molecule has 0 radical (unpaired) electrons. The van der Waals surface area contributed by atoms with Gasteiger partial charge in [0, 0.05) is 18.6 Å². The van der Waals surface area contributed by atoms with Crippen molar-refractivity contribution in [3.63, 3.8) is 0 Å². The van der Waals surface area contributed by atoms with Crippen LogP contribution in [0, 0.1) is 0 Å². The van der Waals surface area contributed by atoms with Crippen molar-refractivity contribution >= 4 is 22.9 Å². The molecule has 7 nitrogen and oxygen atoms in total. The van der Waals surface area contributed by atoms with Crippen molar-refractivity contribution in [3.05, 3.63) is 41.7 Å². The van der Waals surface area contributed by atoms with Gasteiger partial charge in [-0.2, -0.15) is 9.97 Å². The zero-order valence-electron chi connectivity index (χ0n) is 17.3. The van der Waals surface area contributed by atoms with Crippen molar-refractivity contribution in [2.75, 3.05) is 17.6 Å². The van der Waals surface area contributed by atoms with E-state index in [1.807, 2.05) is 4.57 Å². The van der Waals surface area contributed by atoms with E-state index < -0.39 is 0 Å². The average Bonchev–Trinajstić information content (AvgIpc) is 3.04. The van der Waals surface area contributed by atoms with Crippen molar-refractivity contribution in [2.24, 2.45) is 0 Å². The average molecular weight is 382 g/mol. The van der Waals surface area contributed by atoms with Gasteiger partial charge in [-0.15, -0.1) is 0 Å². The third kappa shape index (κ3) is 5.19. The summed E-state index contributed by atoms with van der Waals surface area (Å²) in [5.74, 6) is 0.968. The van der Waals surface area contributed by atoms with Crippen LogP contribution >= 0.6 is 0 Å². The molecular weight excluding hydrogens is 350 g/mol. The van der Waals surface area contributed by atoms with Crippen LogP contribution in [0.1, 0.15) is 51.7 Å². The lowest BCUT2D eigenvalue weighted by Gasteiger charge is -2.20. The highest BCUT2D eigenvalue weighted by Gasteiger charge is 2.12. The first-order chi connectivity index (χ1) is 13.4. The first-order valence-corrected chi connectivity index (χ1v) is 9.91. The van der Waals surface area contributed by atoms with Crippen LogP contribution in [0.5, 0.6) is 0 Å². The summed E-state index contributed by atoms with van der Waals surface area (Å²) in [6, 6.07) is 8.62. The lowest BCUT2D eigenvalue weighted by Crippen LogP contribution is -2.35. The molecule has 0 saturated heterocycles. The summed E-state index contributed by atoms with van der Waals surface area (Å²) < 4.78 is 2.01. The Labute approximate surface area is 166 Å². The molecule has 28 heavy (non-hydrogen) atoms. The van der Waals surface area contributed by atoms with E-state index in [1.165, 1.54) is 11.1 Å². The van der Waals surface area contributed by atoms with Crippen LogP contribution in [0.2, 0.25) is 0 Å². The van der Waals surface area contributed by atoms with Gasteiger partial charge in [-0.3, -0.25) is 0 Å². The van der Waals surface area contributed by atoms with E-state index in [0.717, 1.165) is 31.6 Å². The Bertz CT molecular complexity index is 907. The Balaban J connectivity index is 1.74. The van der Waals surface area contributed by atoms with Crippen LogP contribution in [0.4, 0.5) is 11.8 Å². The van der Waals surface area contributed by atoms with E-state index >= 15 is 0 Å². The molecule has 0 aliphatic carbocycles. The molecule has 3 rings (SSSR count). The molecule has 0 amide bonds. The molecule has 0 bridgehead atoms. The molecule has 0 saturated carbocycles. The van der Waals surface area contributed by atoms with E-state index in [9.17, 15) is 0 Å². The highest BCUT2D eigenvalue weighted by molar-refractivity contribution is 5.82. The van der Waals surface area contributed by atoms with Crippen LogP contribution in [-0.2, 0) is 13.1 Å². The van der Waals surface area contributed by atoms with Gasteiger partial charge in [0.1, 0.15) is 5.52 Å². The molecular formula is C21H31N7. The van der Waals surface area contributed by atoms with E-state index in [1.54, 1.807) is 6.33 Å². The zero-order valence-corrected chi connectivity index (χ0v) is 17.3. The second-order valence-electron chi connectivity index (χ2n) is 8.18. The molecule has 3 aromatic rings. The fourth-order valence-electron chi connectivity index (χ4n) is 2.86.